The zero-order chi connectivity index (χ0) is 15.1. The van der Waals surface area contributed by atoms with Gasteiger partial charge in [-0.1, -0.05) is 6.92 Å². The average Bonchev–Trinajstić information content (AvgIpc) is 3.03. The van der Waals surface area contributed by atoms with Gasteiger partial charge in [0.15, 0.2) is 0 Å². The lowest BCUT2D eigenvalue weighted by Gasteiger charge is -2.36. The highest BCUT2D eigenvalue weighted by Crippen LogP contribution is 2.35. The fourth-order valence-corrected chi connectivity index (χ4v) is 3.94. The Morgan fingerprint density at radius 2 is 2.05 bits per heavy atom. The predicted octanol–water partition coefficient (Wildman–Crippen LogP) is 1.44. The molecule has 2 aliphatic rings. The van der Waals surface area contributed by atoms with Gasteiger partial charge in [-0.15, -0.1) is 11.3 Å². The molecule has 0 saturated carbocycles. The lowest BCUT2D eigenvalue weighted by atomic mass is 9.98. The topological polar surface area (TPSA) is 60.9 Å². The van der Waals surface area contributed by atoms with Gasteiger partial charge in [-0.2, -0.15) is 0 Å². The number of hydrogen-bond donors (Lipinski definition) is 0. The van der Waals surface area contributed by atoms with Crippen molar-refractivity contribution in [3.63, 3.8) is 0 Å². The lowest BCUT2D eigenvalue weighted by Crippen LogP contribution is -2.45. The second-order valence-corrected chi connectivity index (χ2v) is 6.31. The fraction of sp³-hybridized carbons (Fsp3) is 0.500. The highest BCUT2D eigenvalue weighted by Gasteiger charge is 2.43. The van der Waals surface area contributed by atoms with Crippen molar-refractivity contribution < 1.29 is 14.4 Å². The van der Waals surface area contributed by atoms with E-state index in [1.54, 1.807) is 11.3 Å². The summed E-state index contributed by atoms with van der Waals surface area (Å²) in [5, 5.41) is 2.08. The first-order chi connectivity index (χ1) is 10.0. The van der Waals surface area contributed by atoms with Crippen molar-refractivity contribution in [2.24, 2.45) is 0 Å². The van der Waals surface area contributed by atoms with Gasteiger partial charge in [0, 0.05) is 24.5 Å². The summed E-state index contributed by atoms with van der Waals surface area (Å²) in [7, 11) is 1.34. The summed E-state index contributed by atoms with van der Waals surface area (Å²) >= 11 is 1.75. The molecule has 3 heterocycles. The molecule has 3 rings (SSSR count). The normalized spacial score (nSPS) is 23.1. The second-order valence-electron chi connectivity index (χ2n) is 5.31. The van der Waals surface area contributed by atoms with Crippen LogP contribution in [0.4, 0.5) is 4.79 Å². The largest absolute Gasteiger partial charge is 0.335 e. The van der Waals surface area contributed by atoms with E-state index in [-0.39, 0.29) is 12.7 Å². The molecule has 0 N–H and O–H groups in total. The molecule has 7 heteroatoms. The molecule has 1 fully saturated rings. The van der Waals surface area contributed by atoms with Crippen molar-refractivity contribution in [3.05, 3.63) is 21.9 Å². The zero-order valence-corrected chi connectivity index (χ0v) is 12.9. The number of carbonyl (C=O) groups is 3. The van der Waals surface area contributed by atoms with E-state index in [9.17, 15) is 14.4 Å². The van der Waals surface area contributed by atoms with Crippen LogP contribution in [0.2, 0.25) is 0 Å². The lowest BCUT2D eigenvalue weighted by molar-refractivity contribution is -0.143. The molecule has 0 spiro atoms. The van der Waals surface area contributed by atoms with Crippen LogP contribution in [0.15, 0.2) is 11.4 Å². The third-order valence-electron chi connectivity index (χ3n) is 4.17. The Bertz CT molecular complexity index is 612. The SMILES string of the molecule is CC[C@@H]1c2ccsc2CCN1CN1C(=O)C(=O)N(C)C1=O. The Balaban J connectivity index is 1.81. The second kappa shape index (κ2) is 5.23. The molecule has 1 aromatic heterocycles. The van der Waals surface area contributed by atoms with Gasteiger partial charge in [-0.3, -0.25) is 19.4 Å². The highest BCUT2D eigenvalue weighted by atomic mass is 32.1. The number of nitrogens with zero attached hydrogens (tertiary/aromatic N) is 3. The molecule has 0 bridgehead atoms. The van der Waals surface area contributed by atoms with E-state index < -0.39 is 17.8 Å². The maximum absolute atomic E-state index is 12.0. The molecular formula is C14H17N3O3S. The summed E-state index contributed by atoms with van der Waals surface area (Å²) in [6.07, 6.45) is 1.83. The van der Waals surface area contributed by atoms with Crippen LogP contribution in [0.1, 0.15) is 29.8 Å². The number of fused-ring (bicyclic) bond motifs is 1. The Morgan fingerprint density at radius 1 is 1.29 bits per heavy atom. The Kier molecular flexibility index (Phi) is 3.54. The molecule has 1 atom stereocenters. The van der Waals surface area contributed by atoms with Crippen LogP contribution in [-0.2, 0) is 16.0 Å². The van der Waals surface area contributed by atoms with Crippen LogP contribution >= 0.6 is 11.3 Å². The molecule has 0 aromatic carbocycles. The zero-order valence-electron chi connectivity index (χ0n) is 12.0. The quantitative estimate of drug-likeness (QED) is 0.626. The van der Waals surface area contributed by atoms with Gasteiger partial charge in [0.2, 0.25) is 0 Å². The van der Waals surface area contributed by atoms with Crippen LogP contribution < -0.4 is 0 Å². The van der Waals surface area contributed by atoms with Gasteiger partial charge in [0.1, 0.15) is 0 Å². The molecule has 112 valence electrons. The van der Waals surface area contributed by atoms with Crippen LogP contribution in [-0.4, -0.2) is 52.8 Å². The molecule has 0 radical (unpaired) electrons. The molecule has 1 saturated heterocycles. The molecule has 4 amide bonds. The van der Waals surface area contributed by atoms with Crippen LogP contribution in [0, 0.1) is 0 Å². The molecule has 0 unspecified atom stereocenters. The van der Waals surface area contributed by atoms with Crippen molar-refractivity contribution >= 4 is 29.2 Å². The molecule has 0 aliphatic carbocycles. The number of amides is 4. The van der Waals surface area contributed by atoms with Crippen molar-refractivity contribution in [3.8, 4) is 0 Å². The number of imide groups is 2. The molecule has 21 heavy (non-hydrogen) atoms. The van der Waals surface area contributed by atoms with Crippen LogP contribution in [0.25, 0.3) is 0 Å². The van der Waals surface area contributed by atoms with Crippen molar-refractivity contribution in [2.45, 2.75) is 25.8 Å². The van der Waals surface area contributed by atoms with E-state index in [2.05, 4.69) is 23.3 Å². The van der Waals surface area contributed by atoms with Gasteiger partial charge in [-0.25, -0.2) is 9.69 Å². The summed E-state index contributed by atoms with van der Waals surface area (Å²) < 4.78 is 0. The monoisotopic (exact) mass is 307 g/mol. The summed E-state index contributed by atoms with van der Waals surface area (Å²) in [5.74, 6) is -1.48. The maximum Gasteiger partial charge on any atom is 0.335 e. The predicted molar refractivity (Wildman–Crippen MR) is 77.6 cm³/mol. The average molecular weight is 307 g/mol. The first-order valence-electron chi connectivity index (χ1n) is 6.98. The molecule has 2 aliphatic heterocycles. The maximum atomic E-state index is 12.0. The summed E-state index contributed by atoms with van der Waals surface area (Å²) in [6.45, 7) is 3.07. The third-order valence-corrected chi connectivity index (χ3v) is 5.16. The van der Waals surface area contributed by atoms with Gasteiger partial charge < -0.3 is 0 Å². The summed E-state index contributed by atoms with van der Waals surface area (Å²) in [4.78, 5) is 40.8. The Morgan fingerprint density at radius 3 is 2.67 bits per heavy atom. The van der Waals surface area contributed by atoms with Crippen molar-refractivity contribution in [1.82, 2.24) is 14.7 Å². The minimum Gasteiger partial charge on any atom is -0.278 e. The number of hydrogen-bond acceptors (Lipinski definition) is 5. The number of likely N-dealkylation sites (N-methyl/N-ethyl adjacent to an activating group) is 1. The van der Waals surface area contributed by atoms with Gasteiger partial charge in [-0.05, 0) is 29.9 Å². The van der Waals surface area contributed by atoms with E-state index in [1.807, 2.05) is 0 Å². The summed E-state index contributed by atoms with van der Waals surface area (Å²) in [6, 6.07) is 1.78. The van der Waals surface area contributed by atoms with Crippen molar-refractivity contribution in [2.75, 3.05) is 20.3 Å². The first-order valence-corrected chi connectivity index (χ1v) is 7.86. The Labute approximate surface area is 126 Å². The molecular weight excluding hydrogens is 290 g/mol. The van der Waals surface area contributed by atoms with Gasteiger partial charge >= 0.3 is 17.8 Å². The number of urea groups is 1. The van der Waals surface area contributed by atoms with E-state index in [0.29, 0.717) is 0 Å². The molecule has 6 nitrogen and oxygen atoms in total. The fourth-order valence-electron chi connectivity index (χ4n) is 3.02. The molecule has 1 aromatic rings. The third kappa shape index (κ3) is 2.16. The minimum atomic E-state index is -0.749. The highest BCUT2D eigenvalue weighted by molar-refractivity contribution is 7.10. The van der Waals surface area contributed by atoms with E-state index in [1.165, 1.54) is 17.5 Å². The standard InChI is InChI=1S/C14H17N3O3S/c1-3-10-9-5-7-21-11(9)4-6-16(10)8-17-13(19)12(18)15(2)14(17)20/h5,7,10H,3-4,6,8H2,1-2H3/t10-/m1/s1. The van der Waals surface area contributed by atoms with Crippen LogP contribution in [0.5, 0.6) is 0 Å². The van der Waals surface area contributed by atoms with Gasteiger partial charge in [0.05, 0.1) is 6.67 Å². The number of rotatable bonds is 3. The minimum absolute atomic E-state index is 0.182. The number of thiophene rings is 1. The van der Waals surface area contributed by atoms with E-state index in [4.69, 9.17) is 0 Å². The van der Waals surface area contributed by atoms with Crippen molar-refractivity contribution in [1.29, 1.82) is 0 Å². The van der Waals surface area contributed by atoms with Gasteiger partial charge in [0.25, 0.3) is 0 Å². The number of carbonyl (C=O) groups excluding carboxylic acids is 3. The Hall–Kier alpha value is -1.73. The summed E-state index contributed by atoms with van der Waals surface area (Å²) in [5.41, 5.74) is 1.28. The van der Waals surface area contributed by atoms with E-state index >= 15 is 0 Å². The van der Waals surface area contributed by atoms with Crippen LogP contribution in [0.3, 0.4) is 0 Å². The first kappa shape index (κ1) is 14.2. The van der Waals surface area contributed by atoms with E-state index in [0.717, 1.165) is 29.2 Å². The smallest absolute Gasteiger partial charge is 0.278 e.